The van der Waals surface area contributed by atoms with Crippen molar-refractivity contribution in [3.05, 3.63) is 100 Å². The molecule has 0 aromatic heterocycles. The molecule has 3 aromatic carbocycles. The van der Waals surface area contributed by atoms with Gasteiger partial charge in [0.15, 0.2) is 0 Å². The third-order valence-corrected chi connectivity index (χ3v) is 8.54. The van der Waals surface area contributed by atoms with Crippen LogP contribution in [0.25, 0.3) is 0 Å². The standard InChI is InChI=1S/C30H43ClN6O5S.C7H8.C3H8/c1-19(21-9-8-10-24(31)14-21)36-29(41)23-13-22(15-25(16-23)37(6)43(7)42)28(40)33-12-11-32-20(2)27(39)34-17-26(38)35-18-30(3,4)5;1-7-5-3-2-4-6-7;1-3-2/h8-10,13-16,19-20,32H,11-12,17-18H2,1-7H3,(H,33,40)(H,34,39)(H,35,38)(H,36,41);2-6H,1H3;3H2,1-2H3/t19-,20?,43?;;/m1../s1. The van der Waals surface area contributed by atoms with E-state index in [0.29, 0.717) is 17.3 Å². The van der Waals surface area contributed by atoms with Crippen molar-refractivity contribution in [2.75, 3.05) is 43.8 Å². The lowest BCUT2D eigenvalue weighted by atomic mass is 9.97. The zero-order valence-electron chi connectivity index (χ0n) is 32.9. The first-order valence-corrected chi connectivity index (χ1v) is 19.6. The predicted octanol–water partition coefficient (Wildman–Crippen LogP) is 5.96. The van der Waals surface area contributed by atoms with Crippen molar-refractivity contribution in [1.29, 1.82) is 0 Å². The summed E-state index contributed by atoms with van der Waals surface area (Å²) < 4.78 is 13.6. The monoisotopic (exact) mass is 770 g/mol. The fraction of sp³-hybridized carbons (Fsp3) is 0.450. The van der Waals surface area contributed by atoms with Crippen LogP contribution in [-0.4, -0.2) is 73.4 Å². The van der Waals surface area contributed by atoms with Gasteiger partial charge in [0.1, 0.15) is 11.0 Å². The Hall–Kier alpha value is -4.26. The van der Waals surface area contributed by atoms with Gasteiger partial charge in [-0.25, -0.2) is 4.21 Å². The highest BCUT2D eigenvalue weighted by atomic mass is 35.5. The van der Waals surface area contributed by atoms with Gasteiger partial charge in [-0.15, -0.1) is 0 Å². The van der Waals surface area contributed by atoms with Gasteiger partial charge in [0.05, 0.1) is 24.3 Å². The molecule has 0 radical (unpaired) electrons. The third kappa shape index (κ3) is 19.4. The van der Waals surface area contributed by atoms with E-state index in [9.17, 15) is 23.4 Å². The van der Waals surface area contributed by atoms with Crippen LogP contribution in [0.4, 0.5) is 5.69 Å². The largest absolute Gasteiger partial charge is 0.354 e. The van der Waals surface area contributed by atoms with Crippen molar-refractivity contribution in [3.63, 3.8) is 0 Å². The third-order valence-electron chi connectivity index (χ3n) is 7.32. The van der Waals surface area contributed by atoms with Crippen molar-refractivity contribution in [2.45, 2.75) is 73.9 Å². The van der Waals surface area contributed by atoms with Crippen LogP contribution >= 0.6 is 11.6 Å². The van der Waals surface area contributed by atoms with Crippen LogP contribution in [0.5, 0.6) is 0 Å². The maximum Gasteiger partial charge on any atom is 0.251 e. The Balaban J connectivity index is 0.00000122. The van der Waals surface area contributed by atoms with E-state index in [1.54, 1.807) is 44.3 Å². The fourth-order valence-electron chi connectivity index (χ4n) is 4.28. The summed E-state index contributed by atoms with van der Waals surface area (Å²) in [6.45, 7) is 16.7. The molecule has 0 spiro atoms. The lowest BCUT2D eigenvalue weighted by Gasteiger charge is -2.20. The summed E-state index contributed by atoms with van der Waals surface area (Å²) in [6.07, 6.45) is 2.75. The molecule has 0 heterocycles. The molecule has 0 fully saturated rings. The molecule has 4 amide bonds. The number of carbonyl (C=O) groups excluding carboxylic acids is 4. The van der Waals surface area contributed by atoms with Crippen LogP contribution in [0.15, 0.2) is 72.8 Å². The Kier molecular flexibility index (Phi) is 21.3. The van der Waals surface area contributed by atoms with Gasteiger partial charge >= 0.3 is 0 Å². The van der Waals surface area contributed by atoms with Gasteiger partial charge in [0.2, 0.25) is 11.8 Å². The number of anilines is 1. The van der Waals surface area contributed by atoms with Crippen LogP contribution in [0.2, 0.25) is 5.02 Å². The Morgan fingerprint density at radius 2 is 1.43 bits per heavy atom. The smallest absolute Gasteiger partial charge is 0.251 e. The first-order valence-electron chi connectivity index (χ1n) is 17.7. The molecule has 0 saturated carbocycles. The zero-order valence-corrected chi connectivity index (χ0v) is 34.5. The van der Waals surface area contributed by atoms with E-state index in [1.807, 2.05) is 52.0 Å². The molecule has 5 N–H and O–H groups in total. The molecule has 292 valence electrons. The van der Waals surface area contributed by atoms with E-state index in [-0.39, 0.29) is 54.0 Å². The van der Waals surface area contributed by atoms with E-state index < -0.39 is 28.8 Å². The average Bonchev–Trinajstić information content (AvgIpc) is 3.11. The van der Waals surface area contributed by atoms with Crippen molar-refractivity contribution in [3.8, 4) is 0 Å². The minimum atomic E-state index is -1.39. The average molecular weight is 771 g/mol. The summed E-state index contributed by atoms with van der Waals surface area (Å²) in [5.41, 5.74) is 2.95. The lowest BCUT2D eigenvalue weighted by molar-refractivity contribution is -0.127. The number of benzene rings is 3. The number of amides is 4. The molecule has 2 unspecified atom stereocenters. The number of rotatable bonds is 14. The Labute approximate surface area is 324 Å². The van der Waals surface area contributed by atoms with Crippen LogP contribution in [0, 0.1) is 12.3 Å². The second-order valence-electron chi connectivity index (χ2n) is 13.8. The van der Waals surface area contributed by atoms with Crippen LogP contribution in [0.3, 0.4) is 0 Å². The highest BCUT2D eigenvalue weighted by Gasteiger charge is 2.19. The van der Waals surface area contributed by atoms with E-state index in [1.165, 1.54) is 28.6 Å². The van der Waals surface area contributed by atoms with Gasteiger partial charge < -0.3 is 26.6 Å². The summed E-state index contributed by atoms with van der Waals surface area (Å²) in [6, 6.07) is 21.1. The molecule has 0 bridgehead atoms. The van der Waals surface area contributed by atoms with Gasteiger partial charge in [-0.1, -0.05) is 101 Å². The van der Waals surface area contributed by atoms with E-state index in [2.05, 4.69) is 59.5 Å². The maximum absolute atomic E-state index is 13.2. The minimum Gasteiger partial charge on any atom is -0.354 e. The molecule has 0 saturated heterocycles. The fourth-order valence-corrected chi connectivity index (χ4v) is 4.88. The highest BCUT2D eigenvalue weighted by Crippen LogP contribution is 2.22. The SMILES string of the molecule is CC(NCCNC(=O)c1cc(C(=O)N[C@H](C)c2cccc(Cl)c2)cc(N(C)S(C)=O)c1)C(=O)NCC(=O)NCC(C)(C)C.CCC.Cc1ccccc1. The van der Waals surface area contributed by atoms with Crippen molar-refractivity contribution >= 4 is 51.9 Å². The van der Waals surface area contributed by atoms with Crippen LogP contribution in [-0.2, 0) is 20.6 Å². The minimum absolute atomic E-state index is 0.0603. The molecular formula is C40H59ClN6O5S. The summed E-state index contributed by atoms with van der Waals surface area (Å²) in [7, 11) is 0.213. The highest BCUT2D eigenvalue weighted by molar-refractivity contribution is 7.85. The number of halogens is 1. The Bertz CT molecular complexity index is 1630. The first kappa shape index (κ1) is 46.8. The predicted molar refractivity (Wildman–Crippen MR) is 219 cm³/mol. The Morgan fingerprint density at radius 1 is 0.830 bits per heavy atom. The number of hydrogen-bond donors (Lipinski definition) is 5. The first-order chi connectivity index (χ1) is 24.9. The molecule has 13 heteroatoms. The second kappa shape index (κ2) is 24.1. The second-order valence-corrected chi connectivity index (χ2v) is 15.6. The van der Waals surface area contributed by atoms with Crippen molar-refractivity contribution in [2.24, 2.45) is 5.41 Å². The van der Waals surface area contributed by atoms with Gasteiger partial charge in [0, 0.05) is 49.1 Å². The number of carbonyl (C=O) groups is 4. The lowest BCUT2D eigenvalue weighted by Crippen LogP contribution is -2.47. The maximum atomic E-state index is 13.2. The van der Waals surface area contributed by atoms with E-state index in [0.717, 1.165) is 5.56 Å². The quantitative estimate of drug-likeness (QED) is 0.128. The molecular weight excluding hydrogens is 712 g/mol. The van der Waals surface area contributed by atoms with Crippen LogP contribution < -0.4 is 30.9 Å². The molecule has 0 aliphatic heterocycles. The van der Waals surface area contributed by atoms with Crippen molar-refractivity contribution in [1.82, 2.24) is 26.6 Å². The number of nitrogens with zero attached hydrogens (tertiary/aromatic N) is 1. The number of hydrogen-bond acceptors (Lipinski definition) is 6. The zero-order chi connectivity index (χ0) is 40.1. The van der Waals surface area contributed by atoms with E-state index in [4.69, 9.17) is 11.6 Å². The summed E-state index contributed by atoms with van der Waals surface area (Å²) in [4.78, 5) is 50.5. The van der Waals surface area contributed by atoms with Gasteiger partial charge in [-0.2, -0.15) is 0 Å². The van der Waals surface area contributed by atoms with E-state index >= 15 is 0 Å². The van der Waals surface area contributed by atoms with Gasteiger partial charge in [-0.05, 0) is 62.1 Å². The molecule has 0 aliphatic rings. The van der Waals surface area contributed by atoms with Gasteiger partial charge in [0.25, 0.3) is 11.8 Å². The molecule has 53 heavy (non-hydrogen) atoms. The molecule has 3 atom stereocenters. The van der Waals surface area contributed by atoms with Gasteiger partial charge in [-0.3, -0.25) is 23.5 Å². The summed E-state index contributed by atoms with van der Waals surface area (Å²) in [5, 5.41) is 14.6. The molecule has 11 nitrogen and oxygen atoms in total. The summed E-state index contributed by atoms with van der Waals surface area (Å²) >= 11 is 6.09. The molecule has 3 rings (SSSR count). The topological polar surface area (TPSA) is 149 Å². The van der Waals surface area contributed by atoms with Crippen LogP contribution in [0.1, 0.15) is 92.8 Å². The number of nitrogens with one attached hydrogen (secondary N) is 5. The molecule has 0 aliphatic carbocycles. The number of aryl methyl sites for hydroxylation is 1. The normalized spacial score (nSPS) is 12.3. The molecule has 3 aromatic rings. The Morgan fingerprint density at radius 3 is 1.96 bits per heavy atom. The summed E-state index contributed by atoms with van der Waals surface area (Å²) in [5.74, 6) is -1.46. The van der Waals surface area contributed by atoms with Crippen molar-refractivity contribution < 1.29 is 23.4 Å².